The van der Waals surface area contributed by atoms with E-state index in [9.17, 15) is 0 Å². The van der Waals surface area contributed by atoms with Gasteiger partial charge in [-0.1, -0.05) is 25.5 Å². The number of aryl methyl sites for hydroxylation is 1. The Balaban J connectivity index is 2.20. The van der Waals surface area contributed by atoms with Crippen LogP contribution in [0.3, 0.4) is 0 Å². The average Bonchev–Trinajstić information content (AvgIpc) is 2.48. The highest BCUT2D eigenvalue weighted by molar-refractivity contribution is 5.59. The Bertz CT molecular complexity index is 522. The molecule has 0 radical (unpaired) electrons. The van der Waals surface area contributed by atoms with Crippen LogP contribution < -0.4 is 10.6 Å². The number of nitrogens with two attached hydrogens (primary N) is 1. The zero-order chi connectivity index (χ0) is 13.7. The topological polar surface area (TPSA) is 55.0 Å². The lowest BCUT2D eigenvalue weighted by Crippen LogP contribution is -2.12. The van der Waals surface area contributed by atoms with Crippen molar-refractivity contribution in [3.8, 4) is 0 Å². The molecule has 4 nitrogen and oxygen atoms in total. The first-order valence-corrected chi connectivity index (χ1v) is 6.60. The Morgan fingerprint density at radius 3 is 2.63 bits per heavy atom. The molecule has 0 fully saturated rings. The van der Waals surface area contributed by atoms with Crippen LogP contribution in [0, 0.1) is 0 Å². The van der Waals surface area contributed by atoms with Crippen molar-refractivity contribution in [1.29, 1.82) is 0 Å². The van der Waals surface area contributed by atoms with Gasteiger partial charge < -0.3 is 10.6 Å². The third-order valence-electron chi connectivity index (χ3n) is 3.09. The highest BCUT2D eigenvalue weighted by Gasteiger charge is 2.06. The van der Waals surface area contributed by atoms with Gasteiger partial charge in [0.15, 0.2) is 5.82 Å². The molecule has 0 spiro atoms. The van der Waals surface area contributed by atoms with Crippen molar-refractivity contribution >= 4 is 11.5 Å². The quantitative estimate of drug-likeness (QED) is 0.893. The van der Waals surface area contributed by atoms with Crippen LogP contribution in [0.1, 0.15) is 24.6 Å². The number of hydrogen-bond acceptors (Lipinski definition) is 4. The summed E-state index contributed by atoms with van der Waals surface area (Å²) in [5.74, 6) is 0.842. The van der Waals surface area contributed by atoms with Gasteiger partial charge in [-0.05, 0) is 36.2 Å². The maximum absolute atomic E-state index is 5.66. The van der Waals surface area contributed by atoms with Crippen molar-refractivity contribution in [2.45, 2.75) is 26.3 Å². The molecule has 100 valence electrons. The van der Waals surface area contributed by atoms with Crippen molar-refractivity contribution in [1.82, 2.24) is 10.2 Å². The summed E-state index contributed by atoms with van der Waals surface area (Å²) in [6, 6.07) is 12.2. The van der Waals surface area contributed by atoms with E-state index in [1.165, 1.54) is 0 Å². The van der Waals surface area contributed by atoms with E-state index < -0.39 is 0 Å². The van der Waals surface area contributed by atoms with Crippen molar-refractivity contribution in [2.24, 2.45) is 5.73 Å². The van der Waals surface area contributed by atoms with Gasteiger partial charge in [0.2, 0.25) is 0 Å². The molecule has 2 rings (SSSR count). The average molecular weight is 256 g/mol. The molecule has 1 heterocycles. The molecule has 0 aliphatic rings. The van der Waals surface area contributed by atoms with Crippen molar-refractivity contribution in [3.63, 3.8) is 0 Å². The Morgan fingerprint density at radius 2 is 2.00 bits per heavy atom. The van der Waals surface area contributed by atoms with Crippen molar-refractivity contribution < 1.29 is 0 Å². The van der Waals surface area contributed by atoms with E-state index in [1.807, 2.05) is 42.3 Å². The molecule has 0 atom stereocenters. The lowest BCUT2D eigenvalue weighted by atomic mass is 10.2. The van der Waals surface area contributed by atoms with E-state index in [0.29, 0.717) is 6.54 Å². The second kappa shape index (κ2) is 6.29. The van der Waals surface area contributed by atoms with Crippen LogP contribution in [-0.2, 0) is 13.0 Å². The van der Waals surface area contributed by atoms with Crippen LogP contribution in [0.2, 0.25) is 0 Å². The van der Waals surface area contributed by atoms with E-state index >= 15 is 0 Å². The zero-order valence-electron chi connectivity index (χ0n) is 11.5. The van der Waals surface area contributed by atoms with Crippen molar-refractivity contribution in [2.75, 3.05) is 11.9 Å². The van der Waals surface area contributed by atoms with Gasteiger partial charge in [0.25, 0.3) is 0 Å². The normalized spacial score (nSPS) is 10.5. The summed E-state index contributed by atoms with van der Waals surface area (Å²) in [4.78, 5) is 2.02. The molecular formula is C15H20N4. The molecule has 0 unspecified atom stereocenters. The first kappa shape index (κ1) is 13.5. The smallest absolute Gasteiger partial charge is 0.155 e. The standard InChI is InChI=1S/C15H20N4/c1-3-5-13-8-9-15(18-17-13)19(2)14-7-4-6-12(10-14)11-16/h4,6-10H,3,5,11,16H2,1-2H3. The predicted molar refractivity (Wildman–Crippen MR) is 78.4 cm³/mol. The molecule has 0 amide bonds. The summed E-state index contributed by atoms with van der Waals surface area (Å²) in [6.45, 7) is 2.68. The van der Waals surface area contributed by atoms with Crippen LogP contribution in [-0.4, -0.2) is 17.2 Å². The first-order chi connectivity index (χ1) is 9.24. The van der Waals surface area contributed by atoms with E-state index in [-0.39, 0.29) is 0 Å². The summed E-state index contributed by atoms with van der Waals surface area (Å²) < 4.78 is 0. The second-order valence-electron chi connectivity index (χ2n) is 4.57. The van der Waals surface area contributed by atoms with Gasteiger partial charge in [0.1, 0.15) is 0 Å². The van der Waals surface area contributed by atoms with E-state index in [4.69, 9.17) is 5.73 Å². The van der Waals surface area contributed by atoms with Crippen LogP contribution in [0.15, 0.2) is 36.4 Å². The van der Waals surface area contributed by atoms with Gasteiger partial charge in [-0.25, -0.2) is 0 Å². The van der Waals surface area contributed by atoms with Gasteiger partial charge in [0, 0.05) is 19.3 Å². The third kappa shape index (κ3) is 3.29. The summed E-state index contributed by atoms with van der Waals surface area (Å²) in [5, 5.41) is 8.52. The van der Waals surface area contributed by atoms with Crippen LogP contribution in [0.4, 0.5) is 11.5 Å². The third-order valence-corrected chi connectivity index (χ3v) is 3.09. The molecular weight excluding hydrogens is 236 g/mol. The first-order valence-electron chi connectivity index (χ1n) is 6.60. The fourth-order valence-corrected chi connectivity index (χ4v) is 1.95. The molecule has 0 aliphatic heterocycles. The largest absolute Gasteiger partial charge is 0.328 e. The SMILES string of the molecule is CCCc1ccc(N(C)c2cccc(CN)c2)nn1. The maximum atomic E-state index is 5.66. The fourth-order valence-electron chi connectivity index (χ4n) is 1.95. The molecule has 4 heteroatoms. The number of anilines is 2. The minimum Gasteiger partial charge on any atom is -0.328 e. The van der Waals surface area contributed by atoms with Gasteiger partial charge in [0.05, 0.1) is 5.69 Å². The second-order valence-corrected chi connectivity index (χ2v) is 4.57. The Labute approximate surface area is 114 Å². The molecule has 2 N–H and O–H groups in total. The maximum Gasteiger partial charge on any atom is 0.155 e. The number of benzene rings is 1. The van der Waals surface area contributed by atoms with Gasteiger partial charge in [-0.2, -0.15) is 5.10 Å². The van der Waals surface area contributed by atoms with Gasteiger partial charge in [-0.3, -0.25) is 0 Å². The summed E-state index contributed by atoms with van der Waals surface area (Å²) in [7, 11) is 1.99. The minimum absolute atomic E-state index is 0.544. The Kier molecular flexibility index (Phi) is 4.47. The molecule has 0 aliphatic carbocycles. The summed E-state index contributed by atoms with van der Waals surface area (Å²) in [6.07, 6.45) is 2.06. The Hall–Kier alpha value is -1.94. The zero-order valence-corrected chi connectivity index (χ0v) is 11.5. The predicted octanol–water partition coefficient (Wildman–Crippen LogP) is 2.66. The molecule has 0 saturated heterocycles. The monoisotopic (exact) mass is 256 g/mol. The number of hydrogen-bond donors (Lipinski definition) is 1. The number of rotatable bonds is 5. The van der Waals surface area contributed by atoms with E-state index in [1.54, 1.807) is 0 Å². The highest BCUT2D eigenvalue weighted by Crippen LogP contribution is 2.22. The van der Waals surface area contributed by atoms with E-state index in [2.05, 4.69) is 23.2 Å². The van der Waals surface area contributed by atoms with Crippen LogP contribution in [0.25, 0.3) is 0 Å². The van der Waals surface area contributed by atoms with Crippen LogP contribution >= 0.6 is 0 Å². The van der Waals surface area contributed by atoms with E-state index in [0.717, 1.165) is 35.6 Å². The molecule has 0 saturated carbocycles. The fraction of sp³-hybridized carbons (Fsp3) is 0.333. The van der Waals surface area contributed by atoms with Gasteiger partial charge in [-0.15, -0.1) is 5.10 Å². The van der Waals surface area contributed by atoms with Gasteiger partial charge >= 0.3 is 0 Å². The lowest BCUT2D eigenvalue weighted by molar-refractivity contribution is 0.834. The number of aromatic nitrogens is 2. The number of nitrogens with zero attached hydrogens (tertiary/aromatic N) is 3. The molecule has 19 heavy (non-hydrogen) atoms. The molecule has 0 bridgehead atoms. The molecule has 1 aromatic heterocycles. The van der Waals surface area contributed by atoms with Crippen molar-refractivity contribution in [3.05, 3.63) is 47.7 Å². The van der Waals surface area contributed by atoms with Crippen LogP contribution in [0.5, 0.6) is 0 Å². The summed E-state index contributed by atoms with van der Waals surface area (Å²) >= 11 is 0. The lowest BCUT2D eigenvalue weighted by Gasteiger charge is -2.18. The minimum atomic E-state index is 0.544. The highest BCUT2D eigenvalue weighted by atomic mass is 15.2. The summed E-state index contributed by atoms with van der Waals surface area (Å²) in [5.41, 5.74) is 8.88. The molecule has 1 aromatic carbocycles. The molecule has 2 aromatic rings. The Morgan fingerprint density at radius 1 is 1.16 bits per heavy atom.